The summed E-state index contributed by atoms with van der Waals surface area (Å²) in [6, 6.07) is 54.0. The molecular formula is C42H31NO3. The van der Waals surface area contributed by atoms with Crippen molar-refractivity contribution in [3.05, 3.63) is 208 Å². The van der Waals surface area contributed by atoms with E-state index in [0.29, 0.717) is 11.1 Å². The van der Waals surface area contributed by atoms with Crippen LogP contribution in [0.5, 0.6) is 0 Å². The first kappa shape index (κ1) is 28.8. The first-order valence-corrected chi connectivity index (χ1v) is 15.4. The van der Waals surface area contributed by atoms with Gasteiger partial charge in [-0.3, -0.25) is 10.1 Å². The lowest BCUT2D eigenvalue weighted by Crippen LogP contribution is -2.16. The second kappa shape index (κ2) is 12.9. The minimum absolute atomic E-state index is 0.0981. The molecule has 1 atom stereocenters. The second-order valence-electron chi connectivity index (χ2n) is 11.3. The van der Waals surface area contributed by atoms with E-state index < -0.39 is 0 Å². The molecule has 0 unspecified atom stereocenters. The number of nitro groups is 1. The second-order valence-corrected chi connectivity index (χ2v) is 11.3. The van der Waals surface area contributed by atoms with Crippen molar-refractivity contribution in [2.45, 2.75) is 5.92 Å². The zero-order valence-corrected chi connectivity index (χ0v) is 25.1. The highest BCUT2D eigenvalue weighted by Crippen LogP contribution is 2.46. The van der Waals surface area contributed by atoms with Crippen molar-refractivity contribution in [1.82, 2.24) is 0 Å². The third kappa shape index (κ3) is 5.89. The van der Waals surface area contributed by atoms with Crippen LogP contribution in [0.2, 0.25) is 0 Å². The fourth-order valence-corrected chi connectivity index (χ4v) is 6.30. The number of allylic oxidation sites excluding steroid dienone is 2. The summed E-state index contributed by atoms with van der Waals surface area (Å²) in [5.74, 6) is 1.26. The van der Waals surface area contributed by atoms with E-state index in [4.69, 9.17) is 4.74 Å². The van der Waals surface area contributed by atoms with Gasteiger partial charge in [0.1, 0.15) is 11.5 Å². The van der Waals surface area contributed by atoms with Crippen molar-refractivity contribution < 1.29 is 9.66 Å². The molecule has 0 saturated heterocycles. The summed E-state index contributed by atoms with van der Waals surface area (Å²) < 4.78 is 6.58. The van der Waals surface area contributed by atoms with Gasteiger partial charge in [0.2, 0.25) is 0 Å². The van der Waals surface area contributed by atoms with Crippen molar-refractivity contribution in [3.63, 3.8) is 0 Å². The molecule has 0 aromatic heterocycles. The van der Waals surface area contributed by atoms with Crippen LogP contribution in [0.3, 0.4) is 0 Å². The topological polar surface area (TPSA) is 52.4 Å². The lowest BCUT2D eigenvalue weighted by Gasteiger charge is -2.30. The summed E-state index contributed by atoms with van der Waals surface area (Å²) in [7, 11) is 0. The minimum Gasteiger partial charge on any atom is -0.457 e. The van der Waals surface area contributed by atoms with Gasteiger partial charge in [0.25, 0.3) is 5.69 Å². The van der Waals surface area contributed by atoms with Gasteiger partial charge in [-0.05, 0) is 46.5 Å². The quantitative estimate of drug-likeness (QED) is 0.130. The standard InChI is InChI=1S/C42H31NO3/c44-43(45)42-37(30-16-6-1-7-17-30)26-35(27-38(42)31-18-8-2-9-19-31)41(34-24-14-5-15-25-34)36-28-39(32-20-10-3-11-21-32)46-40(29-36)33-22-12-4-13-23-33/h1-29,36,41H/t41-/m1/s1. The Morgan fingerprint density at radius 2 is 0.870 bits per heavy atom. The van der Waals surface area contributed by atoms with Crippen molar-refractivity contribution in [2.24, 2.45) is 5.92 Å². The summed E-state index contributed by atoms with van der Waals surface area (Å²) in [4.78, 5) is 12.6. The van der Waals surface area contributed by atoms with E-state index in [1.807, 2.05) is 127 Å². The first-order chi connectivity index (χ1) is 22.7. The maximum Gasteiger partial charge on any atom is 0.284 e. The monoisotopic (exact) mass is 597 g/mol. The SMILES string of the molecule is O=[N+]([O-])c1c(-c2ccccc2)cc([C@@H](c2ccccc2)C2C=C(c3ccccc3)OC(c3ccccc3)=C2)cc1-c1ccccc1. The van der Waals surface area contributed by atoms with E-state index in [1.54, 1.807) is 0 Å². The Morgan fingerprint density at radius 3 is 1.26 bits per heavy atom. The number of rotatable bonds is 8. The Bertz CT molecular complexity index is 1910. The molecule has 1 aliphatic heterocycles. The summed E-state index contributed by atoms with van der Waals surface area (Å²) in [5, 5.41) is 12.8. The molecule has 0 bridgehead atoms. The molecule has 7 rings (SSSR count). The molecule has 0 fully saturated rings. The van der Waals surface area contributed by atoms with E-state index in [9.17, 15) is 10.1 Å². The molecule has 6 aromatic carbocycles. The molecule has 4 nitrogen and oxygen atoms in total. The van der Waals surface area contributed by atoms with Crippen LogP contribution in [0.4, 0.5) is 5.69 Å². The van der Waals surface area contributed by atoms with Gasteiger partial charge in [0.05, 0.1) is 16.1 Å². The van der Waals surface area contributed by atoms with Crippen molar-refractivity contribution in [1.29, 1.82) is 0 Å². The fraction of sp³-hybridized carbons (Fsp3) is 0.0476. The molecule has 46 heavy (non-hydrogen) atoms. The van der Waals surface area contributed by atoms with Crippen molar-refractivity contribution in [2.75, 3.05) is 0 Å². The van der Waals surface area contributed by atoms with Gasteiger partial charge in [0, 0.05) is 23.0 Å². The Kier molecular flexibility index (Phi) is 8.08. The van der Waals surface area contributed by atoms with Gasteiger partial charge in [-0.1, -0.05) is 152 Å². The Balaban J connectivity index is 1.50. The molecule has 0 N–H and O–H groups in total. The van der Waals surface area contributed by atoms with Gasteiger partial charge >= 0.3 is 0 Å². The van der Waals surface area contributed by atoms with Gasteiger partial charge in [-0.25, -0.2) is 0 Å². The van der Waals surface area contributed by atoms with E-state index in [-0.39, 0.29) is 22.4 Å². The predicted octanol–water partition coefficient (Wildman–Crippen LogP) is 10.8. The summed E-state index contributed by atoms with van der Waals surface area (Å²) in [5.41, 5.74) is 6.94. The summed E-state index contributed by atoms with van der Waals surface area (Å²) in [6.45, 7) is 0. The van der Waals surface area contributed by atoms with Crippen LogP contribution in [0.1, 0.15) is 28.2 Å². The largest absolute Gasteiger partial charge is 0.457 e. The van der Waals surface area contributed by atoms with Crippen LogP contribution >= 0.6 is 0 Å². The molecule has 6 aromatic rings. The smallest absolute Gasteiger partial charge is 0.284 e. The van der Waals surface area contributed by atoms with Crippen LogP contribution in [-0.4, -0.2) is 4.92 Å². The summed E-state index contributed by atoms with van der Waals surface area (Å²) in [6.07, 6.45) is 4.37. The molecule has 222 valence electrons. The number of nitro benzene ring substituents is 1. The number of hydrogen-bond acceptors (Lipinski definition) is 3. The van der Waals surface area contributed by atoms with Crippen molar-refractivity contribution in [3.8, 4) is 22.3 Å². The van der Waals surface area contributed by atoms with E-state index in [0.717, 1.165) is 44.9 Å². The third-order valence-electron chi connectivity index (χ3n) is 8.41. The normalized spacial score (nSPS) is 13.7. The predicted molar refractivity (Wildman–Crippen MR) is 186 cm³/mol. The van der Waals surface area contributed by atoms with Gasteiger partial charge < -0.3 is 4.74 Å². The Morgan fingerprint density at radius 1 is 0.500 bits per heavy atom. The average Bonchev–Trinajstić information content (AvgIpc) is 3.13. The van der Waals surface area contributed by atoms with Crippen LogP contribution in [0, 0.1) is 16.0 Å². The number of ether oxygens (including phenoxy) is 1. The lowest BCUT2D eigenvalue weighted by molar-refractivity contribution is -0.383. The highest BCUT2D eigenvalue weighted by atomic mass is 16.6. The molecule has 0 spiro atoms. The van der Waals surface area contributed by atoms with Gasteiger partial charge in [0.15, 0.2) is 0 Å². The molecule has 0 aliphatic carbocycles. The minimum atomic E-state index is -0.249. The molecule has 0 saturated carbocycles. The third-order valence-corrected chi connectivity index (χ3v) is 8.41. The molecule has 1 aliphatic rings. The molecule has 0 radical (unpaired) electrons. The highest BCUT2D eigenvalue weighted by Gasteiger charge is 2.31. The van der Waals surface area contributed by atoms with Gasteiger partial charge in [-0.15, -0.1) is 0 Å². The fourth-order valence-electron chi connectivity index (χ4n) is 6.30. The maximum absolute atomic E-state index is 12.8. The van der Waals surface area contributed by atoms with E-state index in [2.05, 4.69) is 48.6 Å². The Labute approximate surface area is 268 Å². The average molecular weight is 598 g/mol. The van der Waals surface area contributed by atoms with Crippen LogP contribution in [0.15, 0.2) is 176 Å². The number of hydrogen-bond donors (Lipinski definition) is 0. The van der Waals surface area contributed by atoms with Gasteiger partial charge in [-0.2, -0.15) is 0 Å². The number of benzene rings is 6. The maximum atomic E-state index is 12.8. The van der Waals surface area contributed by atoms with E-state index in [1.165, 1.54) is 0 Å². The first-order valence-electron chi connectivity index (χ1n) is 15.4. The zero-order valence-electron chi connectivity index (χ0n) is 25.1. The zero-order chi connectivity index (χ0) is 31.3. The van der Waals surface area contributed by atoms with Crippen molar-refractivity contribution >= 4 is 17.2 Å². The lowest BCUT2D eigenvalue weighted by atomic mass is 9.77. The van der Waals surface area contributed by atoms with E-state index >= 15 is 0 Å². The summed E-state index contributed by atoms with van der Waals surface area (Å²) >= 11 is 0. The van der Waals surface area contributed by atoms with Crippen LogP contribution < -0.4 is 0 Å². The Hall–Kier alpha value is -6.00. The molecular weight excluding hydrogens is 566 g/mol. The molecule has 0 amide bonds. The molecule has 4 heteroatoms. The van der Waals surface area contributed by atoms with Crippen LogP contribution in [-0.2, 0) is 4.74 Å². The number of nitrogens with zero attached hydrogens (tertiary/aromatic N) is 1. The highest BCUT2D eigenvalue weighted by molar-refractivity contribution is 5.87. The van der Waals surface area contributed by atoms with Crippen LogP contribution in [0.25, 0.3) is 33.8 Å². The molecule has 1 heterocycles.